The Bertz CT molecular complexity index is 627. The van der Waals surface area contributed by atoms with Gasteiger partial charge in [-0.3, -0.25) is 4.79 Å². The van der Waals surface area contributed by atoms with Gasteiger partial charge in [-0.15, -0.1) is 11.3 Å². The van der Waals surface area contributed by atoms with E-state index in [2.05, 4.69) is 31.9 Å². The van der Waals surface area contributed by atoms with Crippen LogP contribution < -0.4 is 5.73 Å². The number of halogens is 2. The minimum atomic E-state index is -0.00350. The van der Waals surface area contributed by atoms with Crippen LogP contribution >= 0.6 is 43.2 Å². The molecule has 20 heavy (non-hydrogen) atoms. The highest BCUT2D eigenvalue weighted by atomic mass is 79.9. The fourth-order valence-corrected chi connectivity index (χ4v) is 3.56. The van der Waals surface area contributed by atoms with E-state index in [1.54, 1.807) is 34.4 Å². The Morgan fingerprint density at radius 3 is 2.60 bits per heavy atom. The summed E-state index contributed by atoms with van der Waals surface area (Å²) in [5.74, 6) is -0.00350. The van der Waals surface area contributed by atoms with E-state index in [9.17, 15) is 4.79 Å². The molecule has 0 aliphatic rings. The molecule has 0 radical (unpaired) electrons. The molecule has 0 aliphatic heterocycles. The predicted octanol–water partition coefficient (Wildman–Crippen LogP) is 4.52. The summed E-state index contributed by atoms with van der Waals surface area (Å²) in [6.45, 7) is 3.24. The third kappa shape index (κ3) is 3.62. The second kappa shape index (κ2) is 6.74. The summed E-state index contributed by atoms with van der Waals surface area (Å²) in [5.41, 5.74) is 7.02. The molecule has 6 heteroatoms. The Labute approximate surface area is 139 Å². The van der Waals surface area contributed by atoms with Crippen LogP contribution in [-0.2, 0) is 6.54 Å². The number of benzene rings is 1. The Morgan fingerprint density at radius 1 is 1.30 bits per heavy atom. The van der Waals surface area contributed by atoms with Gasteiger partial charge < -0.3 is 10.6 Å². The van der Waals surface area contributed by atoms with Crippen LogP contribution in [0.5, 0.6) is 0 Å². The Hall–Kier alpha value is -0.850. The van der Waals surface area contributed by atoms with Crippen molar-refractivity contribution in [3.63, 3.8) is 0 Å². The minimum Gasteiger partial charge on any atom is -0.398 e. The van der Waals surface area contributed by atoms with Crippen molar-refractivity contribution in [3.8, 4) is 0 Å². The SMILES string of the molecule is CCN(Cc1ccc(Br)s1)C(=O)c1ccc(Br)c(N)c1. The van der Waals surface area contributed by atoms with Gasteiger partial charge in [0.05, 0.1) is 10.3 Å². The highest BCUT2D eigenvalue weighted by molar-refractivity contribution is 9.11. The number of rotatable bonds is 4. The molecule has 0 aliphatic carbocycles. The molecule has 0 bridgehead atoms. The van der Waals surface area contributed by atoms with Crippen LogP contribution in [0.3, 0.4) is 0 Å². The van der Waals surface area contributed by atoms with Crippen molar-refractivity contribution in [1.29, 1.82) is 0 Å². The van der Waals surface area contributed by atoms with Gasteiger partial charge in [-0.25, -0.2) is 0 Å². The van der Waals surface area contributed by atoms with Gasteiger partial charge in [0.25, 0.3) is 5.91 Å². The van der Waals surface area contributed by atoms with Gasteiger partial charge >= 0.3 is 0 Å². The lowest BCUT2D eigenvalue weighted by molar-refractivity contribution is 0.0754. The van der Waals surface area contributed by atoms with E-state index in [0.717, 1.165) is 13.1 Å². The van der Waals surface area contributed by atoms with Crippen molar-refractivity contribution in [2.24, 2.45) is 0 Å². The summed E-state index contributed by atoms with van der Waals surface area (Å²) in [6, 6.07) is 9.32. The molecule has 1 heterocycles. The molecule has 3 nitrogen and oxygen atoms in total. The highest BCUT2D eigenvalue weighted by Gasteiger charge is 2.16. The van der Waals surface area contributed by atoms with Crippen LogP contribution in [-0.4, -0.2) is 17.4 Å². The lowest BCUT2D eigenvalue weighted by atomic mass is 10.1. The second-order valence-corrected chi connectivity index (χ2v) is 7.66. The number of thiophene rings is 1. The maximum absolute atomic E-state index is 12.5. The number of nitrogens with zero attached hydrogens (tertiary/aromatic N) is 1. The van der Waals surface area contributed by atoms with Crippen molar-refractivity contribution in [2.75, 3.05) is 12.3 Å². The summed E-state index contributed by atoms with van der Waals surface area (Å²) >= 11 is 8.41. The van der Waals surface area contributed by atoms with E-state index >= 15 is 0 Å². The Balaban J connectivity index is 2.18. The standard InChI is InChI=1S/C14H14Br2N2OS/c1-2-18(8-10-4-6-13(16)20-10)14(19)9-3-5-11(15)12(17)7-9/h3-7H,2,8,17H2,1H3. The molecule has 2 aromatic rings. The Morgan fingerprint density at radius 2 is 2.05 bits per heavy atom. The van der Waals surface area contributed by atoms with Gasteiger partial charge in [0.15, 0.2) is 0 Å². The van der Waals surface area contributed by atoms with Crippen molar-refractivity contribution < 1.29 is 4.79 Å². The molecule has 2 N–H and O–H groups in total. The van der Waals surface area contributed by atoms with E-state index in [-0.39, 0.29) is 5.91 Å². The number of carbonyl (C=O) groups is 1. The molecule has 0 atom stereocenters. The number of hydrogen-bond donors (Lipinski definition) is 1. The van der Waals surface area contributed by atoms with E-state index in [1.165, 1.54) is 0 Å². The second-order valence-electron chi connectivity index (χ2n) is 4.26. The van der Waals surface area contributed by atoms with E-state index in [1.807, 2.05) is 19.1 Å². The first kappa shape index (κ1) is 15.5. The van der Waals surface area contributed by atoms with Gasteiger partial charge in [0, 0.05) is 27.1 Å². The van der Waals surface area contributed by atoms with Gasteiger partial charge in [-0.1, -0.05) is 0 Å². The zero-order valence-electron chi connectivity index (χ0n) is 10.9. The number of carbonyl (C=O) groups excluding carboxylic acids is 1. The smallest absolute Gasteiger partial charge is 0.254 e. The van der Waals surface area contributed by atoms with E-state index in [0.29, 0.717) is 24.3 Å². The molecule has 2 rings (SSSR count). The van der Waals surface area contributed by atoms with Gasteiger partial charge in [0.1, 0.15) is 0 Å². The molecular formula is C14H14Br2N2OS. The summed E-state index contributed by atoms with van der Waals surface area (Å²) in [4.78, 5) is 15.5. The van der Waals surface area contributed by atoms with E-state index < -0.39 is 0 Å². The fraction of sp³-hybridized carbons (Fsp3) is 0.214. The minimum absolute atomic E-state index is 0.00350. The summed E-state index contributed by atoms with van der Waals surface area (Å²) < 4.78 is 1.88. The first-order valence-electron chi connectivity index (χ1n) is 6.09. The number of hydrogen-bond acceptors (Lipinski definition) is 3. The zero-order valence-corrected chi connectivity index (χ0v) is 14.9. The quantitative estimate of drug-likeness (QED) is 0.743. The molecule has 0 spiro atoms. The summed E-state index contributed by atoms with van der Waals surface area (Å²) in [7, 11) is 0. The van der Waals surface area contributed by atoms with Gasteiger partial charge in [0.2, 0.25) is 0 Å². The highest BCUT2D eigenvalue weighted by Crippen LogP contribution is 2.25. The van der Waals surface area contributed by atoms with Gasteiger partial charge in [-0.2, -0.15) is 0 Å². The molecular weight excluding hydrogens is 404 g/mol. The fourth-order valence-electron chi connectivity index (χ4n) is 1.81. The van der Waals surface area contributed by atoms with Gasteiger partial charge in [-0.05, 0) is 69.1 Å². The maximum Gasteiger partial charge on any atom is 0.254 e. The molecule has 0 saturated heterocycles. The summed E-state index contributed by atoms with van der Waals surface area (Å²) in [6.07, 6.45) is 0. The summed E-state index contributed by atoms with van der Waals surface area (Å²) in [5, 5.41) is 0. The van der Waals surface area contributed by atoms with Crippen molar-refractivity contribution >= 4 is 54.8 Å². The normalized spacial score (nSPS) is 10.6. The molecule has 1 aromatic carbocycles. The van der Waals surface area contributed by atoms with Crippen LogP contribution in [0.4, 0.5) is 5.69 Å². The number of nitrogen functional groups attached to an aromatic ring is 1. The van der Waals surface area contributed by atoms with E-state index in [4.69, 9.17) is 5.73 Å². The molecule has 106 valence electrons. The van der Waals surface area contributed by atoms with Crippen molar-refractivity contribution in [3.05, 3.63) is 49.0 Å². The first-order chi connectivity index (χ1) is 9.51. The van der Waals surface area contributed by atoms with Crippen LogP contribution in [0.25, 0.3) is 0 Å². The average Bonchev–Trinajstić information content (AvgIpc) is 2.84. The maximum atomic E-state index is 12.5. The van der Waals surface area contributed by atoms with Crippen LogP contribution in [0.2, 0.25) is 0 Å². The topological polar surface area (TPSA) is 46.3 Å². The molecule has 0 unspecified atom stereocenters. The molecule has 1 aromatic heterocycles. The Kier molecular flexibility index (Phi) is 5.23. The van der Waals surface area contributed by atoms with Crippen LogP contribution in [0.15, 0.2) is 38.6 Å². The monoisotopic (exact) mass is 416 g/mol. The van der Waals surface area contributed by atoms with Crippen LogP contribution in [0.1, 0.15) is 22.2 Å². The molecule has 0 fully saturated rings. The predicted molar refractivity (Wildman–Crippen MR) is 91.0 cm³/mol. The average molecular weight is 418 g/mol. The zero-order chi connectivity index (χ0) is 14.7. The number of nitrogens with two attached hydrogens (primary N) is 1. The number of anilines is 1. The van der Waals surface area contributed by atoms with Crippen molar-refractivity contribution in [2.45, 2.75) is 13.5 Å². The van der Waals surface area contributed by atoms with Crippen molar-refractivity contribution in [1.82, 2.24) is 4.90 Å². The largest absolute Gasteiger partial charge is 0.398 e. The first-order valence-corrected chi connectivity index (χ1v) is 8.50. The number of amides is 1. The van der Waals surface area contributed by atoms with Crippen LogP contribution in [0, 0.1) is 0 Å². The molecule has 0 saturated carbocycles. The molecule has 1 amide bonds. The lowest BCUT2D eigenvalue weighted by Gasteiger charge is -2.20. The lowest BCUT2D eigenvalue weighted by Crippen LogP contribution is -2.30. The third-order valence-electron chi connectivity index (χ3n) is 2.89. The third-order valence-corrected chi connectivity index (χ3v) is 5.22.